The molecule has 0 radical (unpaired) electrons. The molecule has 4 rings (SSSR count). The SMILES string of the molecule is CC(=O)CC1CCC(CCN2CCN(c3noc4c(F)cc(F)cc34)CC2)CC1. The Labute approximate surface area is 170 Å². The van der Waals surface area contributed by atoms with Crippen molar-refractivity contribution >= 4 is 22.6 Å². The largest absolute Gasteiger partial charge is 0.351 e. The number of rotatable bonds is 6. The molecule has 0 bridgehead atoms. The minimum absolute atomic E-state index is 0.0178. The average molecular weight is 405 g/mol. The van der Waals surface area contributed by atoms with Gasteiger partial charge in [-0.25, -0.2) is 8.78 Å². The summed E-state index contributed by atoms with van der Waals surface area (Å²) in [5, 5.41) is 4.40. The van der Waals surface area contributed by atoms with Crippen molar-refractivity contribution in [3.8, 4) is 0 Å². The van der Waals surface area contributed by atoms with Gasteiger partial charge in [0.2, 0.25) is 5.58 Å². The maximum Gasteiger partial charge on any atom is 0.204 e. The summed E-state index contributed by atoms with van der Waals surface area (Å²) >= 11 is 0. The number of Topliss-reactive ketones (excluding diaryl/α,β-unsaturated/α-hetero) is 1. The zero-order valence-corrected chi connectivity index (χ0v) is 17.0. The van der Waals surface area contributed by atoms with Crippen LogP contribution in [0.3, 0.4) is 0 Å². The molecule has 2 heterocycles. The summed E-state index contributed by atoms with van der Waals surface area (Å²) in [5.41, 5.74) is 0.0178. The maximum absolute atomic E-state index is 13.8. The van der Waals surface area contributed by atoms with Crippen LogP contribution in [-0.2, 0) is 4.79 Å². The number of halogens is 2. The van der Waals surface area contributed by atoms with E-state index in [1.54, 1.807) is 6.92 Å². The molecular formula is C22H29F2N3O2. The van der Waals surface area contributed by atoms with Gasteiger partial charge in [-0.2, -0.15) is 0 Å². The summed E-state index contributed by atoms with van der Waals surface area (Å²) in [5.74, 6) is 0.881. The summed E-state index contributed by atoms with van der Waals surface area (Å²) in [7, 11) is 0. The number of hydrogen-bond acceptors (Lipinski definition) is 5. The highest BCUT2D eigenvalue weighted by atomic mass is 19.1. The zero-order chi connectivity index (χ0) is 20.4. The van der Waals surface area contributed by atoms with Crippen LogP contribution in [0.1, 0.15) is 45.4 Å². The number of carbonyl (C=O) groups is 1. The third-order valence-electron chi connectivity index (χ3n) is 6.54. The van der Waals surface area contributed by atoms with E-state index in [0.717, 1.165) is 51.1 Å². The van der Waals surface area contributed by atoms with Gasteiger partial charge in [-0.15, -0.1) is 0 Å². The number of fused-ring (bicyclic) bond motifs is 1. The molecule has 1 aliphatic heterocycles. The lowest BCUT2D eigenvalue weighted by atomic mass is 9.78. The Morgan fingerprint density at radius 1 is 1.10 bits per heavy atom. The highest BCUT2D eigenvalue weighted by molar-refractivity contribution is 5.89. The van der Waals surface area contributed by atoms with Crippen LogP contribution in [0.25, 0.3) is 11.0 Å². The molecule has 5 nitrogen and oxygen atoms in total. The lowest BCUT2D eigenvalue weighted by Gasteiger charge is -2.36. The van der Waals surface area contributed by atoms with Gasteiger partial charge in [-0.3, -0.25) is 4.90 Å². The van der Waals surface area contributed by atoms with Gasteiger partial charge in [-0.05, 0) is 50.6 Å². The van der Waals surface area contributed by atoms with Crippen LogP contribution < -0.4 is 4.90 Å². The molecule has 0 unspecified atom stereocenters. The Morgan fingerprint density at radius 2 is 1.79 bits per heavy atom. The number of ketones is 1. The summed E-state index contributed by atoms with van der Waals surface area (Å²) in [4.78, 5) is 15.8. The van der Waals surface area contributed by atoms with Crippen molar-refractivity contribution in [3.05, 3.63) is 23.8 Å². The van der Waals surface area contributed by atoms with Crippen LogP contribution in [0.5, 0.6) is 0 Å². The first-order valence-corrected chi connectivity index (χ1v) is 10.7. The van der Waals surface area contributed by atoms with Gasteiger partial charge in [0.25, 0.3) is 0 Å². The van der Waals surface area contributed by atoms with E-state index in [2.05, 4.69) is 10.1 Å². The van der Waals surface area contributed by atoms with Crippen molar-refractivity contribution in [1.29, 1.82) is 0 Å². The lowest BCUT2D eigenvalue weighted by Crippen LogP contribution is -2.47. The van der Waals surface area contributed by atoms with E-state index in [-0.39, 0.29) is 5.58 Å². The van der Waals surface area contributed by atoms with E-state index in [1.165, 1.54) is 38.2 Å². The van der Waals surface area contributed by atoms with Crippen LogP contribution in [0.4, 0.5) is 14.6 Å². The second kappa shape index (κ2) is 8.78. The Bertz CT molecular complexity index is 853. The molecular weight excluding hydrogens is 376 g/mol. The average Bonchev–Trinajstić information content (AvgIpc) is 3.11. The van der Waals surface area contributed by atoms with E-state index < -0.39 is 11.6 Å². The molecule has 1 aromatic heterocycles. The van der Waals surface area contributed by atoms with Gasteiger partial charge in [0.15, 0.2) is 11.6 Å². The van der Waals surface area contributed by atoms with Crippen molar-refractivity contribution in [1.82, 2.24) is 10.1 Å². The molecule has 0 spiro atoms. The van der Waals surface area contributed by atoms with E-state index in [0.29, 0.717) is 22.9 Å². The van der Waals surface area contributed by atoms with Gasteiger partial charge in [0.05, 0.1) is 5.39 Å². The maximum atomic E-state index is 13.8. The van der Waals surface area contributed by atoms with Crippen LogP contribution in [0, 0.1) is 23.5 Å². The van der Waals surface area contributed by atoms with Crippen molar-refractivity contribution in [3.63, 3.8) is 0 Å². The predicted octanol–water partition coefficient (Wildman–Crippen LogP) is 4.40. The van der Waals surface area contributed by atoms with Crippen molar-refractivity contribution < 1.29 is 18.1 Å². The quantitative estimate of drug-likeness (QED) is 0.713. The lowest BCUT2D eigenvalue weighted by molar-refractivity contribution is -0.118. The number of benzene rings is 1. The first-order chi connectivity index (χ1) is 14.0. The summed E-state index contributed by atoms with van der Waals surface area (Å²) in [6.45, 7) is 6.13. The van der Waals surface area contributed by atoms with Crippen LogP contribution in [0.15, 0.2) is 16.7 Å². The predicted molar refractivity (Wildman–Crippen MR) is 108 cm³/mol. The van der Waals surface area contributed by atoms with Gasteiger partial charge in [0.1, 0.15) is 11.6 Å². The number of aromatic nitrogens is 1. The zero-order valence-electron chi connectivity index (χ0n) is 17.0. The van der Waals surface area contributed by atoms with Crippen molar-refractivity contribution in [2.75, 3.05) is 37.6 Å². The molecule has 0 amide bonds. The monoisotopic (exact) mass is 405 g/mol. The highest BCUT2D eigenvalue weighted by Crippen LogP contribution is 2.33. The molecule has 0 N–H and O–H groups in total. The molecule has 1 aromatic carbocycles. The fraction of sp³-hybridized carbons (Fsp3) is 0.636. The minimum Gasteiger partial charge on any atom is -0.351 e. The first-order valence-electron chi connectivity index (χ1n) is 10.7. The van der Waals surface area contributed by atoms with E-state index in [9.17, 15) is 13.6 Å². The number of carbonyl (C=O) groups excluding carboxylic acids is 1. The molecule has 2 fully saturated rings. The molecule has 1 saturated carbocycles. The third-order valence-corrected chi connectivity index (χ3v) is 6.54. The highest BCUT2D eigenvalue weighted by Gasteiger charge is 2.25. The Kier molecular flexibility index (Phi) is 6.13. The van der Waals surface area contributed by atoms with E-state index in [1.807, 2.05) is 4.90 Å². The van der Waals surface area contributed by atoms with Crippen LogP contribution in [-0.4, -0.2) is 48.6 Å². The molecule has 0 atom stereocenters. The molecule has 2 aromatic rings. The van der Waals surface area contributed by atoms with Gasteiger partial charge in [-0.1, -0.05) is 18.0 Å². The fourth-order valence-electron chi connectivity index (χ4n) is 4.86. The second-order valence-corrected chi connectivity index (χ2v) is 8.68. The Balaban J connectivity index is 1.25. The minimum atomic E-state index is -0.713. The molecule has 1 saturated heterocycles. The standard InChI is InChI=1S/C22H29F2N3O2/c1-15(28)12-17-4-2-16(3-5-17)6-7-26-8-10-27(11-9-26)22-19-13-18(23)14-20(24)21(19)29-25-22/h13-14,16-17H,2-12H2,1H3. The Morgan fingerprint density at radius 3 is 2.48 bits per heavy atom. The number of piperazine rings is 1. The fourth-order valence-corrected chi connectivity index (χ4v) is 4.86. The van der Waals surface area contributed by atoms with Crippen LogP contribution in [0.2, 0.25) is 0 Å². The smallest absolute Gasteiger partial charge is 0.204 e. The van der Waals surface area contributed by atoms with Gasteiger partial charge >= 0.3 is 0 Å². The van der Waals surface area contributed by atoms with Crippen LogP contribution >= 0.6 is 0 Å². The molecule has 7 heteroatoms. The topological polar surface area (TPSA) is 49.6 Å². The number of anilines is 1. The summed E-state index contributed by atoms with van der Waals surface area (Å²) < 4.78 is 32.5. The number of nitrogens with zero attached hydrogens (tertiary/aromatic N) is 3. The molecule has 2 aliphatic rings. The normalized spacial score (nSPS) is 23.6. The van der Waals surface area contributed by atoms with E-state index >= 15 is 0 Å². The molecule has 158 valence electrons. The second-order valence-electron chi connectivity index (χ2n) is 8.68. The van der Waals surface area contributed by atoms with E-state index in [4.69, 9.17) is 4.52 Å². The van der Waals surface area contributed by atoms with Gasteiger partial charge < -0.3 is 14.2 Å². The van der Waals surface area contributed by atoms with Gasteiger partial charge in [0, 0.05) is 38.7 Å². The number of hydrogen-bond donors (Lipinski definition) is 0. The first kappa shape index (κ1) is 20.3. The third kappa shape index (κ3) is 4.77. The molecule has 29 heavy (non-hydrogen) atoms. The Hall–Kier alpha value is -2.02. The summed E-state index contributed by atoms with van der Waals surface area (Å²) in [6, 6.07) is 2.11. The van der Waals surface area contributed by atoms with Crippen molar-refractivity contribution in [2.24, 2.45) is 11.8 Å². The summed E-state index contributed by atoms with van der Waals surface area (Å²) in [6.07, 6.45) is 6.80. The van der Waals surface area contributed by atoms with Crippen molar-refractivity contribution in [2.45, 2.75) is 45.4 Å². The molecule has 1 aliphatic carbocycles.